The Kier molecular flexibility index (Phi) is 4.94. The second-order valence-corrected chi connectivity index (χ2v) is 5.77. The second-order valence-electron chi connectivity index (χ2n) is 5.77. The molecule has 0 aromatic heterocycles. The molecule has 24 heavy (non-hydrogen) atoms. The van der Waals surface area contributed by atoms with Gasteiger partial charge in [0, 0.05) is 17.8 Å². The number of halogens is 1. The Morgan fingerprint density at radius 3 is 2.75 bits per heavy atom. The molecule has 3 rings (SSSR count). The van der Waals surface area contributed by atoms with Crippen LogP contribution in [0.3, 0.4) is 0 Å². The Balaban J connectivity index is 1.77. The Bertz CT molecular complexity index is 755. The predicted molar refractivity (Wildman–Crippen MR) is 93.2 cm³/mol. The fourth-order valence-corrected chi connectivity index (χ4v) is 2.80. The monoisotopic (exact) mass is 325 g/mol. The van der Waals surface area contributed by atoms with Crippen molar-refractivity contribution in [3.05, 3.63) is 71.6 Å². The summed E-state index contributed by atoms with van der Waals surface area (Å²) < 4.78 is 18.2. The number of para-hydroxylation sites is 1. The number of fused-ring (bicyclic) bond motifs is 1. The summed E-state index contributed by atoms with van der Waals surface area (Å²) in [6.07, 6.45) is 1.98. The van der Waals surface area contributed by atoms with Gasteiger partial charge in [0.25, 0.3) is 5.91 Å². The molecule has 0 spiro atoms. The Morgan fingerprint density at radius 2 is 2.04 bits per heavy atom. The standard InChI is InChI=1S/C20H20FNO2/c1-2-15(13-21)14-24-18-8-9-19-16(12-18)10-11-22(20(19)23)17-6-4-3-5-7-17/h3-9,12-13H,2,10-11,14H2,1H3. The second kappa shape index (κ2) is 7.30. The van der Waals surface area contributed by atoms with E-state index in [1.807, 2.05) is 43.3 Å². The Morgan fingerprint density at radius 1 is 1.25 bits per heavy atom. The number of benzene rings is 2. The van der Waals surface area contributed by atoms with Crippen LogP contribution < -0.4 is 9.64 Å². The van der Waals surface area contributed by atoms with E-state index in [1.54, 1.807) is 17.0 Å². The van der Waals surface area contributed by atoms with Crippen molar-refractivity contribution in [1.29, 1.82) is 0 Å². The number of rotatable bonds is 5. The molecule has 0 bridgehead atoms. The number of amides is 1. The summed E-state index contributed by atoms with van der Waals surface area (Å²) in [5.41, 5.74) is 3.20. The maximum atomic E-state index is 12.7. The van der Waals surface area contributed by atoms with Crippen molar-refractivity contribution in [1.82, 2.24) is 0 Å². The van der Waals surface area contributed by atoms with Gasteiger partial charge in [-0.3, -0.25) is 4.79 Å². The van der Waals surface area contributed by atoms with Gasteiger partial charge < -0.3 is 9.64 Å². The first-order valence-corrected chi connectivity index (χ1v) is 8.13. The molecule has 0 saturated heterocycles. The summed E-state index contributed by atoms with van der Waals surface area (Å²) in [7, 11) is 0. The summed E-state index contributed by atoms with van der Waals surface area (Å²) in [6.45, 7) is 2.76. The fourth-order valence-electron chi connectivity index (χ4n) is 2.80. The van der Waals surface area contributed by atoms with Gasteiger partial charge in [-0.2, -0.15) is 0 Å². The number of carbonyl (C=O) groups excluding carboxylic acids is 1. The molecule has 0 radical (unpaired) electrons. The van der Waals surface area contributed by atoms with Gasteiger partial charge in [0.2, 0.25) is 0 Å². The van der Waals surface area contributed by atoms with Gasteiger partial charge in [-0.1, -0.05) is 25.1 Å². The van der Waals surface area contributed by atoms with Crippen LogP contribution in [-0.4, -0.2) is 19.1 Å². The lowest BCUT2D eigenvalue weighted by Crippen LogP contribution is -2.37. The van der Waals surface area contributed by atoms with Crippen LogP contribution in [0.5, 0.6) is 5.75 Å². The van der Waals surface area contributed by atoms with Crippen LogP contribution in [0.15, 0.2) is 60.4 Å². The summed E-state index contributed by atoms with van der Waals surface area (Å²) in [5.74, 6) is 0.675. The number of hydrogen-bond donors (Lipinski definition) is 0. The molecule has 0 unspecified atom stereocenters. The third kappa shape index (κ3) is 3.32. The highest BCUT2D eigenvalue weighted by Gasteiger charge is 2.25. The first kappa shape index (κ1) is 16.2. The van der Waals surface area contributed by atoms with E-state index in [0.717, 1.165) is 17.7 Å². The lowest BCUT2D eigenvalue weighted by atomic mass is 9.98. The molecule has 1 aliphatic rings. The van der Waals surface area contributed by atoms with E-state index in [9.17, 15) is 9.18 Å². The van der Waals surface area contributed by atoms with Crippen molar-refractivity contribution >= 4 is 11.6 Å². The van der Waals surface area contributed by atoms with Crippen LogP contribution in [0, 0.1) is 0 Å². The van der Waals surface area contributed by atoms with Gasteiger partial charge in [-0.25, -0.2) is 4.39 Å². The summed E-state index contributed by atoms with van der Waals surface area (Å²) in [6, 6.07) is 15.1. The van der Waals surface area contributed by atoms with E-state index >= 15 is 0 Å². The van der Waals surface area contributed by atoms with Crippen LogP contribution in [0.25, 0.3) is 0 Å². The van der Waals surface area contributed by atoms with Crippen molar-refractivity contribution in [3.8, 4) is 5.75 Å². The van der Waals surface area contributed by atoms with Crippen molar-refractivity contribution in [2.45, 2.75) is 19.8 Å². The average molecular weight is 325 g/mol. The molecule has 0 saturated carbocycles. The zero-order valence-electron chi connectivity index (χ0n) is 13.7. The smallest absolute Gasteiger partial charge is 0.258 e. The summed E-state index contributed by atoms with van der Waals surface area (Å²) in [4.78, 5) is 14.5. The minimum atomic E-state index is 0.00639. The predicted octanol–water partition coefficient (Wildman–Crippen LogP) is 4.53. The molecular formula is C20H20FNO2. The van der Waals surface area contributed by atoms with Crippen molar-refractivity contribution < 1.29 is 13.9 Å². The number of anilines is 1. The lowest BCUT2D eigenvalue weighted by molar-refractivity contribution is 0.0980. The molecule has 1 aliphatic heterocycles. The third-order valence-electron chi connectivity index (χ3n) is 4.26. The number of carbonyl (C=O) groups is 1. The van der Waals surface area contributed by atoms with Gasteiger partial charge in [0.05, 0.1) is 6.33 Å². The maximum Gasteiger partial charge on any atom is 0.258 e. The largest absolute Gasteiger partial charge is 0.489 e. The van der Waals surface area contributed by atoms with E-state index < -0.39 is 0 Å². The maximum absolute atomic E-state index is 12.7. The minimum Gasteiger partial charge on any atom is -0.489 e. The molecule has 0 N–H and O–H groups in total. The minimum absolute atomic E-state index is 0.00639. The van der Waals surface area contributed by atoms with Crippen LogP contribution in [0.2, 0.25) is 0 Å². The SMILES string of the molecule is CCC(=CF)COc1ccc2c(c1)CCN(c1ccccc1)C2=O. The molecule has 0 atom stereocenters. The molecule has 3 nitrogen and oxygen atoms in total. The lowest BCUT2D eigenvalue weighted by Gasteiger charge is -2.29. The first-order chi connectivity index (χ1) is 11.7. The van der Waals surface area contributed by atoms with E-state index in [0.29, 0.717) is 36.2 Å². The zero-order chi connectivity index (χ0) is 16.9. The molecule has 2 aromatic rings. The molecule has 1 heterocycles. The molecule has 1 amide bonds. The van der Waals surface area contributed by atoms with E-state index in [4.69, 9.17) is 4.74 Å². The molecule has 4 heteroatoms. The van der Waals surface area contributed by atoms with Crippen LogP contribution in [0.4, 0.5) is 10.1 Å². The fraction of sp³-hybridized carbons (Fsp3) is 0.250. The van der Waals surface area contributed by atoms with Gasteiger partial charge >= 0.3 is 0 Å². The van der Waals surface area contributed by atoms with Crippen LogP contribution >= 0.6 is 0 Å². The number of nitrogens with zero attached hydrogens (tertiary/aromatic N) is 1. The molecule has 2 aromatic carbocycles. The van der Waals surface area contributed by atoms with E-state index in [1.165, 1.54) is 0 Å². The highest BCUT2D eigenvalue weighted by atomic mass is 19.1. The van der Waals surface area contributed by atoms with Crippen molar-refractivity contribution in [3.63, 3.8) is 0 Å². The van der Waals surface area contributed by atoms with Crippen molar-refractivity contribution in [2.24, 2.45) is 0 Å². The van der Waals surface area contributed by atoms with Gasteiger partial charge in [-0.15, -0.1) is 0 Å². The Hall–Kier alpha value is -2.62. The van der Waals surface area contributed by atoms with E-state index in [-0.39, 0.29) is 12.5 Å². The van der Waals surface area contributed by atoms with Crippen LogP contribution in [-0.2, 0) is 6.42 Å². The average Bonchev–Trinajstić information content (AvgIpc) is 2.63. The van der Waals surface area contributed by atoms with Gasteiger partial charge in [0.15, 0.2) is 0 Å². The molecule has 124 valence electrons. The number of ether oxygens (including phenoxy) is 1. The zero-order valence-corrected chi connectivity index (χ0v) is 13.7. The molecule has 0 fully saturated rings. The molecular weight excluding hydrogens is 305 g/mol. The normalized spacial score (nSPS) is 14.5. The first-order valence-electron chi connectivity index (χ1n) is 8.13. The third-order valence-corrected chi connectivity index (χ3v) is 4.26. The highest BCUT2D eigenvalue weighted by Crippen LogP contribution is 2.27. The van der Waals surface area contributed by atoms with E-state index in [2.05, 4.69) is 0 Å². The number of hydrogen-bond acceptors (Lipinski definition) is 2. The van der Waals surface area contributed by atoms with Crippen LogP contribution in [0.1, 0.15) is 29.3 Å². The Labute approximate surface area is 141 Å². The highest BCUT2D eigenvalue weighted by molar-refractivity contribution is 6.08. The molecule has 0 aliphatic carbocycles. The van der Waals surface area contributed by atoms with Gasteiger partial charge in [-0.05, 0) is 54.3 Å². The quantitative estimate of drug-likeness (QED) is 0.808. The topological polar surface area (TPSA) is 29.5 Å². The summed E-state index contributed by atoms with van der Waals surface area (Å²) in [5, 5.41) is 0. The van der Waals surface area contributed by atoms with Crippen molar-refractivity contribution in [2.75, 3.05) is 18.1 Å². The van der Waals surface area contributed by atoms with Gasteiger partial charge in [0.1, 0.15) is 12.4 Å². The summed E-state index contributed by atoms with van der Waals surface area (Å²) >= 11 is 0.